The molecule has 0 saturated heterocycles. The summed E-state index contributed by atoms with van der Waals surface area (Å²) in [5.74, 6) is -0.518. The van der Waals surface area contributed by atoms with Gasteiger partial charge in [0, 0.05) is 12.6 Å². The molecule has 2 rings (SSSR count). The quantitative estimate of drug-likeness (QED) is 0.941. The number of urea groups is 1. The molecule has 0 aliphatic carbocycles. The summed E-state index contributed by atoms with van der Waals surface area (Å²) in [6, 6.07) is 15.6. The van der Waals surface area contributed by atoms with Crippen molar-refractivity contribution in [3.63, 3.8) is 0 Å². The van der Waals surface area contributed by atoms with E-state index in [2.05, 4.69) is 5.32 Å². The number of rotatable bonds is 4. The van der Waals surface area contributed by atoms with Crippen LogP contribution < -0.4 is 5.32 Å². The Labute approximate surface area is 128 Å². The minimum atomic E-state index is -0.871. The van der Waals surface area contributed by atoms with Gasteiger partial charge < -0.3 is 4.90 Å². The summed E-state index contributed by atoms with van der Waals surface area (Å²) in [4.78, 5) is 36.4. The highest BCUT2D eigenvalue weighted by Crippen LogP contribution is 2.16. The Hall–Kier alpha value is -2.95. The molecular weight excluding hydrogens is 280 g/mol. The van der Waals surface area contributed by atoms with Gasteiger partial charge in [0.2, 0.25) is 6.29 Å². The zero-order chi connectivity index (χ0) is 15.9. The molecule has 1 radical (unpaired) electrons. The zero-order valence-corrected chi connectivity index (χ0v) is 12.0. The summed E-state index contributed by atoms with van der Waals surface area (Å²) in [7, 11) is 1.44. The second kappa shape index (κ2) is 7.17. The minimum Gasteiger partial charge on any atom is -0.313 e. The first-order chi connectivity index (χ1) is 10.6. The van der Waals surface area contributed by atoms with Gasteiger partial charge in [-0.25, -0.2) is 4.79 Å². The highest BCUT2D eigenvalue weighted by Gasteiger charge is 2.23. The average molecular weight is 295 g/mol. The van der Waals surface area contributed by atoms with Crippen molar-refractivity contribution >= 4 is 18.2 Å². The first-order valence-electron chi connectivity index (χ1n) is 6.69. The number of nitrogens with one attached hydrogen (secondary N) is 1. The Balaban J connectivity index is 2.08. The summed E-state index contributed by atoms with van der Waals surface area (Å²) < 4.78 is 0. The molecule has 0 fully saturated rings. The van der Waals surface area contributed by atoms with Gasteiger partial charge in [-0.1, -0.05) is 48.5 Å². The molecule has 111 valence electrons. The Kier molecular flexibility index (Phi) is 5.03. The standard InChI is InChI=1S/C17H15N2O3/c1-19(15(12-20)13-8-4-2-5-9-13)17(22)18-16(21)14-10-6-3-7-11-14/h2-11,15H,1H3,(H,18,21,22). The average Bonchev–Trinajstić information content (AvgIpc) is 2.57. The molecule has 3 amide bonds. The Morgan fingerprint density at radius 3 is 2.09 bits per heavy atom. The van der Waals surface area contributed by atoms with Crippen LogP contribution in [0.15, 0.2) is 60.7 Å². The summed E-state index contributed by atoms with van der Waals surface area (Å²) in [5.41, 5.74) is 0.998. The summed E-state index contributed by atoms with van der Waals surface area (Å²) >= 11 is 0. The van der Waals surface area contributed by atoms with Gasteiger partial charge in [-0.3, -0.25) is 14.9 Å². The van der Waals surface area contributed by atoms with Gasteiger partial charge in [0.25, 0.3) is 5.91 Å². The van der Waals surface area contributed by atoms with Crippen LogP contribution in [0.25, 0.3) is 0 Å². The molecule has 0 spiro atoms. The maximum absolute atomic E-state index is 12.1. The van der Waals surface area contributed by atoms with Crippen LogP contribution in [0.3, 0.4) is 0 Å². The molecule has 2 aromatic carbocycles. The Morgan fingerprint density at radius 2 is 1.55 bits per heavy atom. The van der Waals surface area contributed by atoms with E-state index in [1.807, 2.05) is 12.4 Å². The van der Waals surface area contributed by atoms with Crippen molar-refractivity contribution in [2.45, 2.75) is 6.04 Å². The third-order valence-corrected chi connectivity index (χ3v) is 3.19. The van der Waals surface area contributed by atoms with Crippen molar-refractivity contribution in [3.8, 4) is 0 Å². The molecule has 1 N–H and O–H groups in total. The lowest BCUT2D eigenvalue weighted by Gasteiger charge is -2.23. The smallest absolute Gasteiger partial charge is 0.313 e. The molecule has 0 aromatic heterocycles. The van der Waals surface area contributed by atoms with E-state index in [-0.39, 0.29) is 0 Å². The van der Waals surface area contributed by atoms with Crippen molar-refractivity contribution in [1.29, 1.82) is 0 Å². The molecule has 0 heterocycles. The SMILES string of the molecule is CN(C(=O)NC(=O)c1ccccc1)C([C]=O)c1ccccc1. The second-order valence-corrected chi connectivity index (χ2v) is 4.67. The molecule has 0 aliphatic rings. The van der Waals surface area contributed by atoms with Crippen LogP contribution in [0.2, 0.25) is 0 Å². The van der Waals surface area contributed by atoms with E-state index in [4.69, 9.17) is 0 Å². The minimum absolute atomic E-state index is 0.371. The van der Waals surface area contributed by atoms with Crippen molar-refractivity contribution in [2.24, 2.45) is 0 Å². The van der Waals surface area contributed by atoms with Gasteiger partial charge in [-0.2, -0.15) is 0 Å². The van der Waals surface area contributed by atoms with Crippen molar-refractivity contribution < 1.29 is 14.4 Å². The van der Waals surface area contributed by atoms with Crippen LogP contribution in [-0.2, 0) is 4.79 Å². The molecule has 22 heavy (non-hydrogen) atoms. The predicted octanol–water partition coefficient (Wildman–Crippen LogP) is 2.32. The van der Waals surface area contributed by atoms with Crippen LogP contribution in [0, 0.1) is 0 Å². The number of hydrogen-bond acceptors (Lipinski definition) is 3. The molecule has 0 bridgehead atoms. The van der Waals surface area contributed by atoms with Crippen molar-refractivity contribution in [1.82, 2.24) is 10.2 Å². The fourth-order valence-corrected chi connectivity index (χ4v) is 1.97. The fraction of sp³-hybridized carbons (Fsp3) is 0.118. The number of amides is 3. The first kappa shape index (κ1) is 15.4. The number of carbonyl (C=O) groups excluding carboxylic acids is 3. The molecule has 0 aliphatic heterocycles. The lowest BCUT2D eigenvalue weighted by atomic mass is 10.1. The van der Waals surface area contributed by atoms with Crippen LogP contribution in [0.4, 0.5) is 4.79 Å². The Morgan fingerprint density at radius 1 is 1.00 bits per heavy atom. The number of benzene rings is 2. The second-order valence-electron chi connectivity index (χ2n) is 4.67. The zero-order valence-electron chi connectivity index (χ0n) is 12.0. The molecule has 1 atom stereocenters. The maximum Gasteiger partial charge on any atom is 0.324 e. The van der Waals surface area contributed by atoms with Gasteiger partial charge in [0.05, 0.1) is 0 Å². The third-order valence-electron chi connectivity index (χ3n) is 3.19. The number of carbonyl (C=O) groups is 2. The van der Waals surface area contributed by atoms with E-state index in [1.54, 1.807) is 54.6 Å². The fourth-order valence-electron chi connectivity index (χ4n) is 1.97. The molecule has 5 nitrogen and oxygen atoms in total. The molecule has 5 heteroatoms. The van der Waals surface area contributed by atoms with E-state index >= 15 is 0 Å². The van der Waals surface area contributed by atoms with E-state index in [1.165, 1.54) is 7.05 Å². The number of hydrogen-bond donors (Lipinski definition) is 1. The highest BCUT2D eigenvalue weighted by molar-refractivity contribution is 6.04. The van der Waals surface area contributed by atoms with Crippen LogP contribution in [0.1, 0.15) is 22.0 Å². The topological polar surface area (TPSA) is 66.5 Å². The van der Waals surface area contributed by atoms with Gasteiger partial charge in [-0.15, -0.1) is 0 Å². The molecule has 0 saturated carbocycles. The summed E-state index contributed by atoms with van der Waals surface area (Å²) in [6.07, 6.45) is 1.82. The van der Waals surface area contributed by atoms with Gasteiger partial charge in [-0.05, 0) is 17.7 Å². The third kappa shape index (κ3) is 3.58. The first-order valence-corrected chi connectivity index (χ1v) is 6.69. The maximum atomic E-state index is 12.1. The van der Waals surface area contributed by atoms with Crippen LogP contribution >= 0.6 is 0 Å². The normalized spacial score (nSPS) is 11.3. The van der Waals surface area contributed by atoms with Gasteiger partial charge in [0.15, 0.2) is 0 Å². The summed E-state index contributed by atoms with van der Waals surface area (Å²) in [6.45, 7) is 0. The molecular formula is C17H15N2O3. The van der Waals surface area contributed by atoms with Crippen molar-refractivity contribution in [2.75, 3.05) is 7.05 Å². The monoisotopic (exact) mass is 295 g/mol. The number of likely N-dealkylation sites (N-methyl/N-ethyl adjacent to an activating group) is 1. The molecule has 1 unspecified atom stereocenters. The van der Waals surface area contributed by atoms with Crippen LogP contribution in [0.5, 0.6) is 0 Å². The number of imide groups is 1. The number of nitrogens with zero attached hydrogens (tertiary/aromatic N) is 1. The van der Waals surface area contributed by atoms with E-state index in [9.17, 15) is 14.4 Å². The summed E-state index contributed by atoms with van der Waals surface area (Å²) in [5, 5.41) is 2.25. The lowest BCUT2D eigenvalue weighted by Crippen LogP contribution is -2.43. The Bertz CT molecular complexity index is 656. The van der Waals surface area contributed by atoms with Gasteiger partial charge in [0.1, 0.15) is 6.04 Å². The molecule has 2 aromatic rings. The largest absolute Gasteiger partial charge is 0.324 e. The van der Waals surface area contributed by atoms with E-state index in [0.717, 1.165) is 4.90 Å². The predicted molar refractivity (Wildman–Crippen MR) is 81.9 cm³/mol. The van der Waals surface area contributed by atoms with E-state index in [0.29, 0.717) is 11.1 Å². The van der Waals surface area contributed by atoms with E-state index < -0.39 is 18.0 Å². The van der Waals surface area contributed by atoms with Crippen molar-refractivity contribution in [3.05, 3.63) is 71.8 Å². The van der Waals surface area contributed by atoms with Gasteiger partial charge >= 0.3 is 6.03 Å². The lowest BCUT2D eigenvalue weighted by molar-refractivity contribution is 0.0952. The van der Waals surface area contributed by atoms with Crippen LogP contribution in [-0.4, -0.2) is 30.2 Å². The highest BCUT2D eigenvalue weighted by atomic mass is 16.2.